The van der Waals surface area contributed by atoms with Gasteiger partial charge in [0.05, 0.1) is 5.92 Å². The van der Waals surface area contributed by atoms with Crippen molar-refractivity contribution >= 4 is 35.8 Å². The Hall–Kier alpha value is -1.30. The Bertz CT molecular complexity index is 551. The molecule has 1 aliphatic heterocycles. The fraction of sp³-hybridized carbons (Fsp3) is 0.529. The number of piperidine rings is 1. The summed E-state index contributed by atoms with van der Waals surface area (Å²) in [6, 6.07) is 7.10. The molecule has 0 spiro atoms. The molecule has 24 heavy (non-hydrogen) atoms. The second-order valence-electron chi connectivity index (χ2n) is 6.03. The Morgan fingerprint density at radius 3 is 2.62 bits per heavy atom. The molecule has 2 amide bonds. The van der Waals surface area contributed by atoms with Crippen LogP contribution in [0.1, 0.15) is 30.1 Å². The zero-order valence-electron chi connectivity index (χ0n) is 14.0. The van der Waals surface area contributed by atoms with Crippen molar-refractivity contribution in [1.29, 1.82) is 0 Å². The zero-order chi connectivity index (χ0) is 16.8. The molecule has 1 aliphatic rings. The lowest BCUT2D eigenvalue weighted by molar-refractivity contribution is -0.126. The second-order valence-corrected chi connectivity index (χ2v) is 6.47. The normalized spacial score (nSPS) is 18.5. The van der Waals surface area contributed by atoms with E-state index in [1.807, 2.05) is 14.0 Å². The molecule has 2 N–H and O–H groups in total. The van der Waals surface area contributed by atoms with Crippen molar-refractivity contribution in [3.05, 3.63) is 34.9 Å². The molecule has 2 unspecified atom stereocenters. The third-order valence-corrected chi connectivity index (χ3v) is 4.50. The molecule has 2 rings (SSSR count). The zero-order valence-corrected chi connectivity index (χ0v) is 15.6. The minimum absolute atomic E-state index is 0. The van der Waals surface area contributed by atoms with Gasteiger partial charge in [0.2, 0.25) is 5.91 Å². The van der Waals surface area contributed by atoms with Crippen LogP contribution >= 0.6 is 24.0 Å². The molecule has 0 bridgehead atoms. The van der Waals surface area contributed by atoms with Crippen LogP contribution in [0.3, 0.4) is 0 Å². The van der Waals surface area contributed by atoms with Crippen molar-refractivity contribution in [1.82, 2.24) is 15.5 Å². The van der Waals surface area contributed by atoms with Crippen LogP contribution in [0.2, 0.25) is 5.02 Å². The van der Waals surface area contributed by atoms with Crippen molar-refractivity contribution < 1.29 is 9.59 Å². The number of nitrogens with one attached hydrogen (secondary N) is 2. The van der Waals surface area contributed by atoms with E-state index in [1.165, 1.54) is 0 Å². The largest absolute Gasteiger partial charge is 0.354 e. The van der Waals surface area contributed by atoms with Gasteiger partial charge in [-0.05, 0) is 51.1 Å². The van der Waals surface area contributed by atoms with E-state index in [0.29, 0.717) is 30.2 Å². The summed E-state index contributed by atoms with van der Waals surface area (Å²) in [6.07, 6.45) is 1.67. The molecule has 7 heteroatoms. The van der Waals surface area contributed by atoms with E-state index < -0.39 is 0 Å². The highest BCUT2D eigenvalue weighted by Gasteiger charge is 2.28. The summed E-state index contributed by atoms with van der Waals surface area (Å²) in [5.74, 6) is -0.146. The molecule has 0 aliphatic carbocycles. The van der Waals surface area contributed by atoms with E-state index in [2.05, 4.69) is 10.6 Å². The van der Waals surface area contributed by atoms with E-state index in [1.54, 1.807) is 29.2 Å². The SMILES string of the molecule is CNC(C)CNC(=O)C1CCCN(C(=O)c2ccc(Cl)cc2)C1.Cl. The lowest BCUT2D eigenvalue weighted by atomic mass is 9.96. The van der Waals surface area contributed by atoms with Crippen molar-refractivity contribution in [2.75, 3.05) is 26.7 Å². The van der Waals surface area contributed by atoms with Crippen molar-refractivity contribution in [3.63, 3.8) is 0 Å². The first-order chi connectivity index (χ1) is 11.0. The van der Waals surface area contributed by atoms with Gasteiger partial charge in [-0.25, -0.2) is 0 Å². The maximum absolute atomic E-state index is 12.5. The number of carbonyl (C=O) groups excluding carboxylic acids is 2. The van der Waals surface area contributed by atoms with Gasteiger partial charge in [-0.15, -0.1) is 12.4 Å². The molecule has 1 heterocycles. The van der Waals surface area contributed by atoms with Gasteiger partial charge in [-0.2, -0.15) is 0 Å². The van der Waals surface area contributed by atoms with Crippen molar-refractivity contribution in [2.24, 2.45) is 5.92 Å². The molecule has 1 fully saturated rings. The number of rotatable bonds is 5. The van der Waals surface area contributed by atoms with Gasteiger partial charge in [0.25, 0.3) is 5.91 Å². The number of likely N-dealkylation sites (tertiary alicyclic amines) is 1. The Labute approximate surface area is 154 Å². The molecule has 1 saturated heterocycles. The van der Waals surface area contributed by atoms with Gasteiger partial charge >= 0.3 is 0 Å². The Balaban J connectivity index is 0.00000288. The van der Waals surface area contributed by atoms with Gasteiger partial charge in [0.15, 0.2) is 0 Å². The van der Waals surface area contributed by atoms with Crippen LogP contribution in [-0.2, 0) is 4.79 Å². The summed E-state index contributed by atoms with van der Waals surface area (Å²) < 4.78 is 0. The fourth-order valence-electron chi connectivity index (χ4n) is 2.65. The monoisotopic (exact) mass is 373 g/mol. The van der Waals surface area contributed by atoms with Gasteiger partial charge in [-0.1, -0.05) is 11.6 Å². The number of halogens is 2. The van der Waals surface area contributed by atoms with Crippen molar-refractivity contribution in [3.8, 4) is 0 Å². The quantitative estimate of drug-likeness (QED) is 0.832. The number of hydrogen-bond donors (Lipinski definition) is 2. The Kier molecular flexibility index (Phi) is 8.53. The Morgan fingerprint density at radius 2 is 2.00 bits per heavy atom. The average Bonchev–Trinajstić information content (AvgIpc) is 2.59. The number of benzene rings is 1. The summed E-state index contributed by atoms with van der Waals surface area (Å²) >= 11 is 5.86. The van der Waals surface area contributed by atoms with Crippen LogP contribution in [0.4, 0.5) is 0 Å². The molecule has 1 aromatic carbocycles. The molecule has 2 atom stereocenters. The molecule has 134 valence electrons. The summed E-state index contributed by atoms with van der Waals surface area (Å²) in [4.78, 5) is 26.6. The molecule has 0 aromatic heterocycles. The van der Waals surface area contributed by atoms with Crippen LogP contribution < -0.4 is 10.6 Å². The smallest absolute Gasteiger partial charge is 0.253 e. The minimum Gasteiger partial charge on any atom is -0.354 e. The number of nitrogens with zero attached hydrogens (tertiary/aromatic N) is 1. The van der Waals surface area contributed by atoms with Gasteiger partial charge < -0.3 is 15.5 Å². The van der Waals surface area contributed by atoms with E-state index in [9.17, 15) is 9.59 Å². The van der Waals surface area contributed by atoms with Gasteiger partial charge in [0, 0.05) is 36.3 Å². The predicted octanol–water partition coefficient (Wildman–Crippen LogP) is 2.34. The van der Waals surface area contributed by atoms with Crippen LogP contribution in [0, 0.1) is 5.92 Å². The topological polar surface area (TPSA) is 61.4 Å². The molecular weight excluding hydrogens is 349 g/mol. The van der Waals surface area contributed by atoms with E-state index in [0.717, 1.165) is 12.8 Å². The highest BCUT2D eigenvalue weighted by atomic mass is 35.5. The summed E-state index contributed by atoms with van der Waals surface area (Å²) in [5, 5.41) is 6.65. The highest BCUT2D eigenvalue weighted by molar-refractivity contribution is 6.30. The Morgan fingerprint density at radius 1 is 1.33 bits per heavy atom. The third-order valence-electron chi connectivity index (χ3n) is 4.25. The number of amides is 2. The minimum atomic E-state index is -0.135. The highest BCUT2D eigenvalue weighted by Crippen LogP contribution is 2.19. The molecule has 0 radical (unpaired) electrons. The fourth-order valence-corrected chi connectivity index (χ4v) is 2.78. The number of likely N-dealkylation sites (N-methyl/N-ethyl adjacent to an activating group) is 1. The first-order valence-electron chi connectivity index (χ1n) is 8.01. The summed E-state index contributed by atoms with van der Waals surface area (Å²) in [5.41, 5.74) is 0.610. The number of hydrogen-bond acceptors (Lipinski definition) is 3. The van der Waals surface area contributed by atoms with Crippen LogP contribution in [0.15, 0.2) is 24.3 Å². The van der Waals surface area contributed by atoms with Crippen LogP contribution in [0.5, 0.6) is 0 Å². The van der Waals surface area contributed by atoms with Crippen molar-refractivity contribution in [2.45, 2.75) is 25.8 Å². The van der Waals surface area contributed by atoms with E-state index in [4.69, 9.17) is 11.6 Å². The average molecular weight is 374 g/mol. The maximum atomic E-state index is 12.5. The van der Waals surface area contributed by atoms with E-state index in [-0.39, 0.29) is 36.2 Å². The van der Waals surface area contributed by atoms with E-state index >= 15 is 0 Å². The van der Waals surface area contributed by atoms with Gasteiger partial charge in [0.1, 0.15) is 0 Å². The first-order valence-corrected chi connectivity index (χ1v) is 8.39. The molecule has 1 aromatic rings. The summed E-state index contributed by atoms with van der Waals surface area (Å²) in [6.45, 7) is 3.77. The summed E-state index contributed by atoms with van der Waals surface area (Å²) in [7, 11) is 1.87. The molecule has 0 saturated carbocycles. The third kappa shape index (κ3) is 5.65. The lowest BCUT2D eigenvalue weighted by Crippen LogP contribution is -2.47. The van der Waals surface area contributed by atoms with Crippen LogP contribution in [-0.4, -0.2) is 49.4 Å². The maximum Gasteiger partial charge on any atom is 0.253 e. The molecular formula is C17H25Cl2N3O2. The standard InChI is InChI=1S/C17H24ClN3O2.ClH/c1-12(19-2)10-20-16(22)14-4-3-9-21(11-14)17(23)13-5-7-15(18)8-6-13;/h5-8,12,14,19H,3-4,9-11H2,1-2H3,(H,20,22);1H. The predicted molar refractivity (Wildman–Crippen MR) is 98.9 cm³/mol. The van der Waals surface area contributed by atoms with Gasteiger partial charge in [-0.3, -0.25) is 9.59 Å². The number of carbonyl (C=O) groups is 2. The van der Waals surface area contributed by atoms with Crippen LogP contribution in [0.25, 0.3) is 0 Å². The lowest BCUT2D eigenvalue weighted by Gasteiger charge is -2.32. The second kappa shape index (κ2) is 9.87. The first kappa shape index (κ1) is 20.7. The molecule has 5 nitrogen and oxygen atoms in total.